The van der Waals surface area contributed by atoms with Crippen LogP contribution in [0.1, 0.15) is 52.9 Å². The molecule has 1 aliphatic carbocycles. The average molecular weight is 306 g/mol. The first-order valence-electron chi connectivity index (χ1n) is 9.05. The molecule has 2 nitrogen and oxygen atoms in total. The first-order chi connectivity index (χ1) is 10.8. The van der Waals surface area contributed by atoms with E-state index in [2.05, 4.69) is 25.7 Å². The third-order valence-corrected chi connectivity index (χ3v) is 4.41. The molecule has 0 amide bonds. The van der Waals surface area contributed by atoms with E-state index >= 15 is 0 Å². The fourth-order valence-corrected chi connectivity index (χ4v) is 3.17. The molecular weight excluding hydrogens is 270 g/mol. The molecule has 2 atom stereocenters. The molecule has 0 aromatic carbocycles. The first kappa shape index (κ1) is 19.0. The molecule has 2 heteroatoms. The number of hydrogen-bond donors (Lipinski definition) is 1. The highest BCUT2D eigenvalue weighted by Crippen LogP contribution is 2.49. The Hall–Kier alpha value is -1.02. The quantitative estimate of drug-likeness (QED) is 0.522. The predicted molar refractivity (Wildman–Crippen MR) is 96.8 cm³/mol. The summed E-state index contributed by atoms with van der Waals surface area (Å²) >= 11 is 0. The van der Waals surface area contributed by atoms with Crippen molar-refractivity contribution in [3.8, 4) is 0 Å². The van der Waals surface area contributed by atoms with Gasteiger partial charge in [-0.05, 0) is 75.6 Å². The lowest BCUT2D eigenvalue weighted by Crippen LogP contribution is -2.28. The van der Waals surface area contributed by atoms with Gasteiger partial charge < -0.3 is 10.1 Å². The van der Waals surface area contributed by atoms with E-state index in [1.165, 1.54) is 45.2 Å². The van der Waals surface area contributed by atoms with Gasteiger partial charge >= 0.3 is 0 Å². The summed E-state index contributed by atoms with van der Waals surface area (Å²) in [5, 5.41) is 3.45. The molecule has 0 aromatic rings. The Labute approximate surface area is 137 Å². The van der Waals surface area contributed by atoms with Gasteiger partial charge in [0.1, 0.15) is 5.76 Å². The SMILES string of the molecule is C=C/C=C\C(=C/C)OCCC1CC1C1CCNCC1.CCC. The fourth-order valence-electron chi connectivity index (χ4n) is 3.17. The Bertz CT molecular complexity index is 353. The minimum absolute atomic E-state index is 0.854. The van der Waals surface area contributed by atoms with Crippen LogP contribution < -0.4 is 5.32 Å². The maximum absolute atomic E-state index is 5.79. The summed E-state index contributed by atoms with van der Waals surface area (Å²) in [6.07, 6.45) is 14.3. The van der Waals surface area contributed by atoms with E-state index in [1.807, 2.05) is 25.2 Å². The smallest absolute Gasteiger partial charge is 0.115 e. The van der Waals surface area contributed by atoms with E-state index in [0.29, 0.717) is 0 Å². The maximum Gasteiger partial charge on any atom is 0.115 e. The Morgan fingerprint density at radius 1 is 1.27 bits per heavy atom. The zero-order valence-electron chi connectivity index (χ0n) is 14.8. The Kier molecular flexibility index (Phi) is 9.98. The van der Waals surface area contributed by atoms with Gasteiger partial charge in [-0.25, -0.2) is 0 Å². The van der Waals surface area contributed by atoms with Gasteiger partial charge in [-0.1, -0.05) is 39.0 Å². The molecule has 0 bridgehead atoms. The third kappa shape index (κ3) is 7.31. The largest absolute Gasteiger partial charge is 0.494 e. The molecule has 0 aromatic heterocycles. The van der Waals surface area contributed by atoms with Gasteiger partial charge in [0.2, 0.25) is 0 Å². The molecule has 2 unspecified atom stereocenters. The van der Waals surface area contributed by atoms with Crippen LogP contribution in [-0.4, -0.2) is 19.7 Å². The average Bonchev–Trinajstić information content (AvgIpc) is 3.32. The Morgan fingerprint density at radius 2 is 1.95 bits per heavy atom. The molecule has 1 saturated heterocycles. The van der Waals surface area contributed by atoms with Crippen LogP contribution in [0.5, 0.6) is 0 Å². The molecule has 1 heterocycles. The van der Waals surface area contributed by atoms with Crippen molar-refractivity contribution in [2.45, 2.75) is 52.9 Å². The Balaban J connectivity index is 0.000000745. The second-order valence-electron chi connectivity index (χ2n) is 6.38. The molecule has 1 aliphatic heterocycles. The number of rotatable bonds is 7. The minimum atomic E-state index is 0.854. The predicted octanol–water partition coefficient (Wildman–Crippen LogP) is 5.09. The van der Waals surface area contributed by atoms with Crippen molar-refractivity contribution in [2.24, 2.45) is 17.8 Å². The lowest BCUT2D eigenvalue weighted by atomic mass is 9.91. The Morgan fingerprint density at radius 3 is 2.55 bits per heavy atom. The lowest BCUT2D eigenvalue weighted by molar-refractivity contribution is 0.207. The summed E-state index contributed by atoms with van der Waals surface area (Å²) in [6, 6.07) is 0. The normalized spacial score (nSPS) is 25.5. The number of nitrogens with one attached hydrogen (secondary N) is 1. The zero-order valence-corrected chi connectivity index (χ0v) is 14.8. The monoisotopic (exact) mass is 305 g/mol. The molecular formula is C20H35NO. The van der Waals surface area contributed by atoms with E-state index < -0.39 is 0 Å². The third-order valence-electron chi connectivity index (χ3n) is 4.41. The van der Waals surface area contributed by atoms with Crippen LogP contribution in [-0.2, 0) is 4.74 Å². The molecule has 0 radical (unpaired) electrons. The van der Waals surface area contributed by atoms with Gasteiger partial charge in [-0.3, -0.25) is 0 Å². The lowest BCUT2D eigenvalue weighted by Gasteiger charge is -2.22. The van der Waals surface area contributed by atoms with Crippen molar-refractivity contribution < 1.29 is 4.74 Å². The van der Waals surface area contributed by atoms with Crippen molar-refractivity contribution in [2.75, 3.05) is 19.7 Å². The number of ether oxygens (including phenoxy) is 1. The summed E-state index contributed by atoms with van der Waals surface area (Å²) in [4.78, 5) is 0. The van der Waals surface area contributed by atoms with Crippen LogP contribution in [0.3, 0.4) is 0 Å². The standard InChI is InChI=1S/C17H27NO.C3H8/c1-3-5-6-16(4-2)19-12-9-15-13-17(15)14-7-10-18-11-8-14;1-3-2/h3-6,14-15,17-18H,1,7-13H2,2H3;3H2,1-2H3/b6-5-,16-4+;. The van der Waals surface area contributed by atoms with Crippen LogP contribution in [0.25, 0.3) is 0 Å². The topological polar surface area (TPSA) is 21.3 Å². The van der Waals surface area contributed by atoms with Crippen LogP contribution in [0.4, 0.5) is 0 Å². The van der Waals surface area contributed by atoms with Crippen LogP contribution in [0.15, 0.2) is 36.6 Å². The summed E-state index contributed by atoms with van der Waals surface area (Å²) in [5.41, 5.74) is 0. The summed E-state index contributed by atoms with van der Waals surface area (Å²) in [6.45, 7) is 13.2. The van der Waals surface area contributed by atoms with Gasteiger partial charge in [0.05, 0.1) is 6.61 Å². The van der Waals surface area contributed by atoms with Crippen molar-refractivity contribution >= 4 is 0 Å². The van der Waals surface area contributed by atoms with Gasteiger partial charge in [0, 0.05) is 0 Å². The maximum atomic E-state index is 5.79. The van der Waals surface area contributed by atoms with Crippen molar-refractivity contribution in [1.82, 2.24) is 5.32 Å². The fraction of sp³-hybridized carbons (Fsp3) is 0.700. The number of piperidine rings is 1. The summed E-state index contributed by atoms with van der Waals surface area (Å²) in [7, 11) is 0. The van der Waals surface area contributed by atoms with Gasteiger partial charge in [0.15, 0.2) is 0 Å². The molecule has 126 valence electrons. The zero-order chi connectivity index (χ0) is 16.2. The molecule has 22 heavy (non-hydrogen) atoms. The number of allylic oxidation sites excluding steroid dienone is 4. The summed E-state index contributed by atoms with van der Waals surface area (Å²) < 4.78 is 5.79. The van der Waals surface area contributed by atoms with E-state index in [-0.39, 0.29) is 0 Å². The highest BCUT2D eigenvalue weighted by atomic mass is 16.5. The number of hydrogen-bond acceptors (Lipinski definition) is 2. The van der Waals surface area contributed by atoms with Crippen molar-refractivity contribution in [1.29, 1.82) is 0 Å². The van der Waals surface area contributed by atoms with E-state index in [0.717, 1.165) is 30.1 Å². The molecule has 0 spiro atoms. The second kappa shape index (κ2) is 11.5. The van der Waals surface area contributed by atoms with E-state index in [1.54, 1.807) is 6.08 Å². The van der Waals surface area contributed by atoms with Crippen molar-refractivity contribution in [3.05, 3.63) is 36.6 Å². The molecule has 2 fully saturated rings. The molecule has 2 aliphatic rings. The van der Waals surface area contributed by atoms with Gasteiger partial charge in [-0.2, -0.15) is 0 Å². The van der Waals surface area contributed by atoms with Crippen LogP contribution >= 0.6 is 0 Å². The van der Waals surface area contributed by atoms with Crippen LogP contribution in [0, 0.1) is 17.8 Å². The van der Waals surface area contributed by atoms with Crippen molar-refractivity contribution in [3.63, 3.8) is 0 Å². The molecule has 1 N–H and O–H groups in total. The summed E-state index contributed by atoms with van der Waals surface area (Å²) in [5.74, 6) is 3.85. The minimum Gasteiger partial charge on any atom is -0.494 e. The second-order valence-corrected chi connectivity index (χ2v) is 6.38. The molecule has 2 rings (SSSR count). The van der Waals surface area contributed by atoms with Gasteiger partial charge in [-0.15, -0.1) is 0 Å². The van der Waals surface area contributed by atoms with Crippen LogP contribution in [0.2, 0.25) is 0 Å². The highest BCUT2D eigenvalue weighted by molar-refractivity contribution is 5.15. The highest BCUT2D eigenvalue weighted by Gasteiger charge is 2.42. The molecule has 1 saturated carbocycles. The van der Waals surface area contributed by atoms with E-state index in [9.17, 15) is 0 Å². The van der Waals surface area contributed by atoms with Gasteiger partial charge in [0.25, 0.3) is 0 Å². The first-order valence-corrected chi connectivity index (χ1v) is 9.05. The van der Waals surface area contributed by atoms with E-state index in [4.69, 9.17) is 4.74 Å².